The van der Waals surface area contributed by atoms with Crippen LogP contribution in [0.15, 0.2) is 24.3 Å². The van der Waals surface area contributed by atoms with E-state index in [1.54, 1.807) is 31.1 Å². The normalized spacial score (nSPS) is 18.0. The molecule has 2 heterocycles. The van der Waals surface area contributed by atoms with Gasteiger partial charge in [0.1, 0.15) is 0 Å². The third-order valence-electron chi connectivity index (χ3n) is 3.91. The number of carbonyl (C=O) groups excluding carboxylic acids is 1. The van der Waals surface area contributed by atoms with E-state index in [1.807, 2.05) is 17.0 Å². The Morgan fingerprint density at radius 2 is 2.22 bits per heavy atom. The summed E-state index contributed by atoms with van der Waals surface area (Å²) in [6, 6.07) is 7.33. The molecule has 0 aliphatic carbocycles. The molecule has 0 bridgehead atoms. The Hall–Kier alpha value is -2.15. The topological polar surface area (TPSA) is 67.2 Å². The van der Waals surface area contributed by atoms with E-state index >= 15 is 0 Å². The van der Waals surface area contributed by atoms with Crippen LogP contribution < -0.4 is 0 Å². The fourth-order valence-electron chi connectivity index (χ4n) is 2.74. The van der Waals surface area contributed by atoms with E-state index in [2.05, 4.69) is 15.4 Å². The quantitative estimate of drug-likeness (QED) is 0.844. The van der Waals surface area contributed by atoms with Crippen LogP contribution in [0.2, 0.25) is 5.02 Å². The molecule has 0 radical (unpaired) electrons. The number of carbonyl (C=O) groups is 1. The smallest absolute Gasteiger partial charge is 0.319 e. The maximum absolute atomic E-state index is 12.1. The molecule has 1 saturated heterocycles. The molecule has 8 heteroatoms. The lowest BCUT2D eigenvalue weighted by molar-refractivity contribution is 0.153. The number of urea groups is 1. The second-order valence-corrected chi connectivity index (χ2v) is 6.32. The van der Waals surface area contributed by atoms with Crippen LogP contribution in [0.4, 0.5) is 4.79 Å². The van der Waals surface area contributed by atoms with Gasteiger partial charge in [0.2, 0.25) is 0 Å². The highest BCUT2D eigenvalue weighted by molar-refractivity contribution is 6.30. The van der Waals surface area contributed by atoms with Crippen molar-refractivity contribution in [2.75, 3.05) is 27.2 Å². The predicted octanol–water partition coefficient (Wildman–Crippen LogP) is 2.18. The van der Waals surface area contributed by atoms with Gasteiger partial charge in [-0.1, -0.05) is 17.7 Å². The molecule has 7 nitrogen and oxygen atoms in total. The molecular formula is C15H19ClN6O. The minimum absolute atomic E-state index is 0.0249. The van der Waals surface area contributed by atoms with E-state index in [1.165, 1.54) is 4.80 Å². The zero-order valence-electron chi connectivity index (χ0n) is 13.2. The van der Waals surface area contributed by atoms with Crippen molar-refractivity contribution in [3.05, 3.63) is 35.1 Å². The summed E-state index contributed by atoms with van der Waals surface area (Å²) in [5.41, 5.74) is 0.772. The summed E-state index contributed by atoms with van der Waals surface area (Å²) < 4.78 is 0. The number of hydrogen-bond acceptors (Lipinski definition) is 4. The first-order valence-electron chi connectivity index (χ1n) is 7.56. The Bertz CT molecular complexity index is 701. The van der Waals surface area contributed by atoms with Gasteiger partial charge in [0.15, 0.2) is 5.82 Å². The van der Waals surface area contributed by atoms with E-state index in [-0.39, 0.29) is 11.9 Å². The molecule has 1 aliphatic heterocycles. The first-order chi connectivity index (χ1) is 11.0. The van der Waals surface area contributed by atoms with E-state index in [0.29, 0.717) is 17.4 Å². The average Bonchev–Trinajstić information content (AvgIpc) is 3.04. The molecule has 1 fully saturated rings. The van der Waals surface area contributed by atoms with Crippen LogP contribution in [-0.4, -0.2) is 63.2 Å². The van der Waals surface area contributed by atoms with Gasteiger partial charge in [-0.25, -0.2) is 4.79 Å². The van der Waals surface area contributed by atoms with Crippen LogP contribution in [-0.2, 0) is 0 Å². The maximum atomic E-state index is 12.1. The van der Waals surface area contributed by atoms with Crippen molar-refractivity contribution in [1.82, 2.24) is 30.0 Å². The average molecular weight is 335 g/mol. The van der Waals surface area contributed by atoms with Gasteiger partial charge in [-0.05, 0) is 36.3 Å². The molecule has 23 heavy (non-hydrogen) atoms. The van der Waals surface area contributed by atoms with Crippen molar-refractivity contribution in [1.29, 1.82) is 0 Å². The summed E-state index contributed by atoms with van der Waals surface area (Å²) >= 11 is 6.00. The van der Waals surface area contributed by atoms with Gasteiger partial charge in [0, 0.05) is 38.1 Å². The second kappa shape index (κ2) is 6.54. The highest BCUT2D eigenvalue weighted by Crippen LogP contribution is 2.25. The third-order valence-corrected chi connectivity index (χ3v) is 4.14. The molecule has 1 aromatic heterocycles. The molecule has 3 rings (SSSR count). The summed E-state index contributed by atoms with van der Waals surface area (Å²) in [6.45, 7) is 1.40. The standard InChI is InChI=1S/C15H19ClN6O/c1-20(2)15(23)21-8-4-5-11(10-21)14-17-19-22(18-14)13-7-3-6-12(16)9-13/h3,6-7,9,11H,4-5,8,10H2,1-2H3. The molecule has 1 aromatic carbocycles. The second-order valence-electron chi connectivity index (χ2n) is 5.88. The van der Waals surface area contributed by atoms with Crippen LogP contribution in [0.3, 0.4) is 0 Å². The Morgan fingerprint density at radius 1 is 1.39 bits per heavy atom. The minimum Gasteiger partial charge on any atom is -0.331 e. The predicted molar refractivity (Wildman–Crippen MR) is 86.8 cm³/mol. The lowest BCUT2D eigenvalue weighted by Gasteiger charge is -2.33. The number of amides is 2. The summed E-state index contributed by atoms with van der Waals surface area (Å²) in [5.74, 6) is 0.779. The van der Waals surface area contributed by atoms with Gasteiger partial charge in [-0.3, -0.25) is 0 Å². The number of likely N-dealkylation sites (tertiary alicyclic amines) is 1. The molecule has 1 unspecified atom stereocenters. The van der Waals surface area contributed by atoms with E-state index in [4.69, 9.17) is 11.6 Å². The van der Waals surface area contributed by atoms with E-state index in [9.17, 15) is 4.79 Å². The lowest BCUT2D eigenvalue weighted by Crippen LogP contribution is -2.44. The number of halogens is 1. The Balaban J connectivity index is 1.76. The van der Waals surface area contributed by atoms with Gasteiger partial charge in [0.25, 0.3) is 0 Å². The van der Waals surface area contributed by atoms with Crippen LogP contribution in [0.1, 0.15) is 24.6 Å². The summed E-state index contributed by atoms with van der Waals surface area (Å²) in [7, 11) is 3.53. The highest BCUT2D eigenvalue weighted by Gasteiger charge is 2.28. The lowest BCUT2D eigenvalue weighted by atomic mass is 9.98. The first kappa shape index (κ1) is 15.7. The van der Waals surface area contributed by atoms with E-state index in [0.717, 1.165) is 25.1 Å². The number of rotatable bonds is 2. The fraction of sp³-hybridized carbons (Fsp3) is 0.467. The Labute approximate surface area is 139 Å². The molecule has 0 spiro atoms. The van der Waals surface area contributed by atoms with Crippen LogP contribution >= 0.6 is 11.6 Å². The van der Waals surface area contributed by atoms with Crippen molar-refractivity contribution >= 4 is 17.6 Å². The molecule has 1 aliphatic rings. The third kappa shape index (κ3) is 3.44. The number of hydrogen-bond donors (Lipinski definition) is 0. The SMILES string of the molecule is CN(C)C(=O)N1CCCC(c2nnn(-c3cccc(Cl)c3)n2)C1. The van der Waals surface area contributed by atoms with Gasteiger partial charge in [-0.15, -0.1) is 15.0 Å². The van der Waals surface area contributed by atoms with Gasteiger partial charge in [0.05, 0.1) is 5.69 Å². The Morgan fingerprint density at radius 3 is 2.96 bits per heavy atom. The summed E-state index contributed by atoms with van der Waals surface area (Å²) in [4.78, 5) is 17.0. The van der Waals surface area contributed by atoms with Crippen LogP contribution in [0, 0.1) is 0 Å². The Kier molecular flexibility index (Phi) is 4.47. The molecule has 2 aromatic rings. The zero-order valence-corrected chi connectivity index (χ0v) is 13.9. The summed E-state index contributed by atoms with van der Waals surface area (Å²) in [6.07, 6.45) is 1.90. The minimum atomic E-state index is 0.0249. The van der Waals surface area contributed by atoms with Crippen molar-refractivity contribution < 1.29 is 4.79 Å². The van der Waals surface area contributed by atoms with Gasteiger partial charge < -0.3 is 9.80 Å². The number of aromatic nitrogens is 4. The number of piperidine rings is 1. The fourth-order valence-corrected chi connectivity index (χ4v) is 2.93. The maximum Gasteiger partial charge on any atom is 0.319 e. The molecule has 0 N–H and O–H groups in total. The van der Waals surface area contributed by atoms with Crippen molar-refractivity contribution in [3.63, 3.8) is 0 Å². The monoisotopic (exact) mass is 334 g/mol. The van der Waals surface area contributed by atoms with Gasteiger partial charge >= 0.3 is 6.03 Å². The van der Waals surface area contributed by atoms with Crippen molar-refractivity contribution in [3.8, 4) is 5.69 Å². The first-order valence-corrected chi connectivity index (χ1v) is 7.94. The summed E-state index contributed by atoms with van der Waals surface area (Å²) in [5, 5.41) is 13.4. The highest BCUT2D eigenvalue weighted by atomic mass is 35.5. The molecule has 122 valence electrons. The molecule has 0 saturated carbocycles. The van der Waals surface area contributed by atoms with Gasteiger partial charge in [-0.2, -0.15) is 0 Å². The molecular weight excluding hydrogens is 316 g/mol. The van der Waals surface area contributed by atoms with Crippen molar-refractivity contribution in [2.24, 2.45) is 0 Å². The molecule has 1 atom stereocenters. The zero-order chi connectivity index (χ0) is 16.4. The number of tetrazole rings is 1. The molecule has 2 amide bonds. The van der Waals surface area contributed by atoms with Crippen LogP contribution in [0.5, 0.6) is 0 Å². The van der Waals surface area contributed by atoms with E-state index < -0.39 is 0 Å². The number of benzene rings is 1. The number of nitrogens with zero attached hydrogens (tertiary/aromatic N) is 6. The van der Waals surface area contributed by atoms with Crippen molar-refractivity contribution in [2.45, 2.75) is 18.8 Å². The largest absolute Gasteiger partial charge is 0.331 e. The van der Waals surface area contributed by atoms with Crippen LogP contribution in [0.25, 0.3) is 5.69 Å².